The lowest BCUT2D eigenvalue weighted by Crippen LogP contribution is -2.37. The van der Waals surface area contributed by atoms with E-state index in [1.165, 1.54) is 0 Å². The molecular formula is C16H21NO4. The van der Waals surface area contributed by atoms with Gasteiger partial charge in [-0.2, -0.15) is 0 Å². The van der Waals surface area contributed by atoms with Crippen LogP contribution in [0.3, 0.4) is 0 Å². The standard InChI is InChI=1S/C16H21NO4/c1-15(2,3)21-14(20)17-10-16(7-8-16)12-6-4-5-11(9-12)13(18)19/h4-6,9H,7-8,10H2,1-3H3,(H,17,20)(H,18,19). The van der Waals surface area contributed by atoms with Gasteiger partial charge >= 0.3 is 12.1 Å². The van der Waals surface area contributed by atoms with Crippen molar-refractivity contribution in [3.8, 4) is 0 Å². The van der Waals surface area contributed by atoms with Gasteiger partial charge < -0.3 is 15.2 Å². The van der Waals surface area contributed by atoms with Crippen LogP contribution in [0, 0.1) is 0 Å². The lowest BCUT2D eigenvalue weighted by atomic mass is 9.94. The Morgan fingerprint density at radius 1 is 1.33 bits per heavy atom. The molecule has 0 spiro atoms. The highest BCUT2D eigenvalue weighted by molar-refractivity contribution is 5.87. The van der Waals surface area contributed by atoms with Crippen molar-refractivity contribution in [2.75, 3.05) is 6.54 Å². The minimum Gasteiger partial charge on any atom is -0.478 e. The predicted octanol–water partition coefficient (Wildman–Crippen LogP) is 2.94. The molecule has 1 aliphatic carbocycles. The van der Waals surface area contributed by atoms with Gasteiger partial charge in [0.1, 0.15) is 5.60 Å². The quantitative estimate of drug-likeness (QED) is 0.894. The van der Waals surface area contributed by atoms with Gasteiger partial charge in [-0.1, -0.05) is 12.1 Å². The van der Waals surface area contributed by atoms with E-state index in [0.717, 1.165) is 18.4 Å². The molecule has 1 fully saturated rings. The molecule has 21 heavy (non-hydrogen) atoms. The summed E-state index contributed by atoms with van der Waals surface area (Å²) in [6, 6.07) is 6.91. The third-order valence-corrected chi connectivity index (χ3v) is 3.55. The number of hydrogen-bond acceptors (Lipinski definition) is 3. The summed E-state index contributed by atoms with van der Waals surface area (Å²) < 4.78 is 5.21. The SMILES string of the molecule is CC(C)(C)OC(=O)NCC1(c2cccc(C(=O)O)c2)CC1. The smallest absolute Gasteiger partial charge is 0.407 e. The monoisotopic (exact) mass is 291 g/mol. The lowest BCUT2D eigenvalue weighted by Gasteiger charge is -2.22. The summed E-state index contributed by atoms with van der Waals surface area (Å²) in [6.07, 6.45) is 1.43. The van der Waals surface area contributed by atoms with E-state index in [-0.39, 0.29) is 11.0 Å². The molecule has 0 aliphatic heterocycles. The molecule has 1 aromatic carbocycles. The van der Waals surface area contributed by atoms with Gasteiger partial charge in [0, 0.05) is 12.0 Å². The fourth-order valence-corrected chi connectivity index (χ4v) is 2.26. The number of rotatable bonds is 4. The third kappa shape index (κ3) is 3.97. The van der Waals surface area contributed by atoms with Gasteiger partial charge in [-0.05, 0) is 51.3 Å². The van der Waals surface area contributed by atoms with Gasteiger partial charge in [0.2, 0.25) is 0 Å². The maximum absolute atomic E-state index is 11.7. The molecule has 5 heteroatoms. The minimum atomic E-state index is -0.937. The van der Waals surface area contributed by atoms with E-state index in [1.54, 1.807) is 18.2 Å². The van der Waals surface area contributed by atoms with E-state index in [0.29, 0.717) is 6.54 Å². The first kappa shape index (κ1) is 15.4. The van der Waals surface area contributed by atoms with Crippen molar-refractivity contribution in [3.05, 3.63) is 35.4 Å². The molecule has 0 heterocycles. The van der Waals surface area contributed by atoms with E-state index >= 15 is 0 Å². The predicted molar refractivity (Wildman–Crippen MR) is 78.6 cm³/mol. The highest BCUT2D eigenvalue weighted by Gasteiger charge is 2.44. The molecule has 0 radical (unpaired) electrons. The number of amides is 1. The fraction of sp³-hybridized carbons (Fsp3) is 0.500. The van der Waals surface area contributed by atoms with Gasteiger partial charge in [-0.15, -0.1) is 0 Å². The van der Waals surface area contributed by atoms with Crippen molar-refractivity contribution in [2.24, 2.45) is 0 Å². The molecule has 1 aromatic rings. The zero-order valence-electron chi connectivity index (χ0n) is 12.6. The van der Waals surface area contributed by atoms with Crippen molar-refractivity contribution >= 4 is 12.1 Å². The van der Waals surface area contributed by atoms with Crippen LogP contribution in [0.1, 0.15) is 49.5 Å². The van der Waals surface area contributed by atoms with Crippen LogP contribution in [0.2, 0.25) is 0 Å². The number of alkyl carbamates (subject to hydrolysis) is 1. The molecule has 114 valence electrons. The zero-order chi connectivity index (χ0) is 15.7. The fourth-order valence-electron chi connectivity index (χ4n) is 2.26. The number of benzene rings is 1. The zero-order valence-corrected chi connectivity index (χ0v) is 12.6. The van der Waals surface area contributed by atoms with Crippen LogP contribution < -0.4 is 5.32 Å². The number of carbonyl (C=O) groups excluding carboxylic acids is 1. The Kier molecular flexibility index (Phi) is 3.94. The summed E-state index contributed by atoms with van der Waals surface area (Å²) >= 11 is 0. The molecule has 0 atom stereocenters. The van der Waals surface area contributed by atoms with Gasteiger partial charge in [0.15, 0.2) is 0 Å². The Balaban J connectivity index is 2.01. The Morgan fingerprint density at radius 3 is 2.52 bits per heavy atom. The second kappa shape index (κ2) is 5.39. The van der Waals surface area contributed by atoms with Gasteiger partial charge in [0.25, 0.3) is 0 Å². The number of ether oxygens (including phenoxy) is 1. The molecule has 1 saturated carbocycles. The Labute approximate surface area is 124 Å². The van der Waals surface area contributed by atoms with E-state index in [1.807, 2.05) is 26.8 Å². The number of carbonyl (C=O) groups is 2. The van der Waals surface area contributed by atoms with E-state index in [2.05, 4.69) is 5.32 Å². The summed E-state index contributed by atoms with van der Waals surface area (Å²) in [4.78, 5) is 22.7. The number of aromatic carboxylic acids is 1. The first-order valence-electron chi connectivity index (χ1n) is 7.03. The summed E-state index contributed by atoms with van der Waals surface area (Å²) in [5.41, 5.74) is 0.557. The molecule has 2 rings (SSSR count). The molecule has 0 saturated heterocycles. The Morgan fingerprint density at radius 2 is 2.00 bits per heavy atom. The normalized spacial score (nSPS) is 16.1. The maximum atomic E-state index is 11.7. The van der Waals surface area contributed by atoms with E-state index in [9.17, 15) is 9.59 Å². The number of carboxylic acids is 1. The highest BCUT2D eigenvalue weighted by Crippen LogP contribution is 2.47. The summed E-state index contributed by atoms with van der Waals surface area (Å²) in [7, 11) is 0. The largest absolute Gasteiger partial charge is 0.478 e. The molecule has 1 aliphatic rings. The summed E-state index contributed by atoms with van der Waals surface area (Å²) in [5.74, 6) is -0.937. The van der Waals surface area contributed by atoms with Crippen LogP contribution in [0.4, 0.5) is 4.79 Å². The van der Waals surface area contributed by atoms with Crippen LogP contribution in [0.15, 0.2) is 24.3 Å². The number of nitrogens with one attached hydrogen (secondary N) is 1. The van der Waals surface area contributed by atoms with Crippen molar-refractivity contribution < 1.29 is 19.4 Å². The summed E-state index contributed by atoms with van der Waals surface area (Å²) in [6.45, 7) is 5.91. The van der Waals surface area contributed by atoms with Crippen LogP contribution in [0.25, 0.3) is 0 Å². The van der Waals surface area contributed by atoms with Crippen molar-refractivity contribution in [1.82, 2.24) is 5.32 Å². The van der Waals surface area contributed by atoms with E-state index in [4.69, 9.17) is 9.84 Å². The topological polar surface area (TPSA) is 75.6 Å². The van der Waals surface area contributed by atoms with Crippen LogP contribution >= 0.6 is 0 Å². The second-order valence-electron chi connectivity index (χ2n) is 6.52. The molecule has 5 nitrogen and oxygen atoms in total. The van der Waals surface area contributed by atoms with Crippen molar-refractivity contribution in [2.45, 2.75) is 44.6 Å². The summed E-state index contributed by atoms with van der Waals surface area (Å²) in [5, 5.41) is 11.8. The van der Waals surface area contributed by atoms with Crippen LogP contribution in [0.5, 0.6) is 0 Å². The number of hydrogen-bond donors (Lipinski definition) is 2. The number of carboxylic acid groups (broad SMARTS) is 1. The minimum absolute atomic E-state index is 0.150. The van der Waals surface area contributed by atoms with Crippen LogP contribution in [-0.2, 0) is 10.2 Å². The Hall–Kier alpha value is -2.04. The third-order valence-electron chi connectivity index (χ3n) is 3.55. The molecule has 2 N–H and O–H groups in total. The van der Waals surface area contributed by atoms with Crippen molar-refractivity contribution in [3.63, 3.8) is 0 Å². The molecule has 0 aromatic heterocycles. The molecule has 0 unspecified atom stereocenters. The molecule has 1 amide bonds. The van der Waals surface area contributed by atoms with Crippen molar-refractivity contribution in [1.29, 1.82) is 0 Å². The van der Waals surface area contributed by atoms with Gasteiger partial charge in [0.05, 0.1) is 5.56 Å². The molecular weight excluding hydrogens is 270 g/mol. The average Bonchev–Trinajstić information content (AvgIpc) is 3.16. The lowest BCUT2D eigenvalue weighted by molar-refractivity contribution is 0.0521. The first-order chi connectivity index (χ1) is 9.72. The van der Waals surface area contributed by atoms with Gasteiger partial charge in [-0.3, -0.25) is 0 Å². The van der Waals surface area contributed by atoms with Crippen LogP contribution in [-0.4, -0.2) is 29.3 Å². The second-order valence-corrected chi connectivity index (χ2v) is 6.52. The van der Waals surface area contributed by atoms with E-state index < -0.39 is 17.7 Å². The maximum Gasteiger partial charge on any atom is 0.407 e. The van der Waals surface area contributed by atoms with Gasteiger partial charge in [-0.25, -0.2) is 9.59 Å². The Bertz CT molecular complexity index is 556. The highest BCUT2D eigenvalue weighted by atomic mass is 16.6. The average molecular weight is 291 g/mol. The molecule has 0 bridgehead atoms. The first-order valence-corrected chi connectivity index (χ1v) is 7.03.